The molecule has 6 rings (SSSR count). The molecule has 0 bridgehead atoms. The van der Waals surface area contributed by atoms with Crippen LogP contribution in [0.1, 0.15) is 47.4 Å². The van der Waals surface area contributed by atoms with Crippen LogP contribution in [0.2, 0.25) is 0 Å². The number of fused-ring (bicyclic) bond motifs is 1. The number of primary amides is 1. The summed E-state index contributed by atoms with van der Waals surface area (Å²) in [5, 5.41) is 18.7. The molecule has 0 unspecified atom stereocenters. The summed E-state index contributed by atoms with van der Waals surface area (Å²) in [6.07, 6.45) is -2.10. The van der Waals surface area contributed by atoms with Crippen molar-refractivity contribution >= 4 is 22.7 Å². The highest BCUT2D eigenvalue weighted by Crippen LogP contribution is 2.42. The zero-order valence-electron chi connectivity index (χ0n) is 26.8. The molecule has 13 heteroatoms. The molecule has 0 saturated heterocycles. The Balaban J connectivity index is 1.38. The Bertz CT molecular complexity index is 2010. The topological polar surface area (TPSA) is 142 Å². The van der Waals surface area contributed by atoms with Crippen LogP contribution < -0.4 is 20.5 Å². The van der Waals surface area contributed by atoms with Gasteiger partial charge in [0, 0.05) is 28.3 Å². The van der Waals surface area contributed by atoms with Crippen molar-refractivity contribution in [3.8, 4) is 33.9 Å². The highest BCUT2D eigenvalue weighted by Gasteiger charge is 2.56. The Morgan fingerprint density at radius 3 is 2.31 bits per heavy atom. The number of rotatable bonds is 12. The third-order valence-electron chi connectivity index (χ3n) is 8.36. The van der Waals surface area contributed by atoms with E-state index < -0.39 is 42.3 Å². The SMILES string of the molecule is CCOc1c(CC(N)=O)cc([C@@](O)(CNC(=O)c2cc(OC)c3nn(C4CC4)cc3c2)C(F)(F)F)nc1-c1ccc(-c2ccccc2)cc1. The lowest BCUT2D eigenvalue weighted by Crippen LogP contribution is -2.51. The molecule has 3 aromatic carbocycles. The van der Waals surface area contributed by atoms with Crippen LogP contribution in [0.5, 0.6) is 11.5 Å². The number of carbonyl (C=O) groups is 2. The van der Waals surface area contributed by atoms with Crippen LogP contribution in [-0.2, 0) is 16.8 Å². The number of hydrogen-bond acceptors (Lipinski definition) is 7. The maximum Gasteiger partial charge on any atom is 0.424 e. The standard InChI is InChI=1S/C36H34F3N5O5/c1-3-49-33-24(18-30(40)45)17-29(42-32(33)23-11-9-22(10-12-23)21-7-5-4-6-8-21)35(47,36(37,38)39)20-41-34(46)25-15-26-19-44(27-13-14-27)43-31(26)28(16-25)48-2/h4-12,15-17,19,27,47H,3,13-14,18,20H2,1-2H3,(H2,40,45)(H,41,46)/t35-/m0/s1. The number of methoxy groups -OCH3 is 1. The average molecular weight is 674 g/mol. The summed E-state index contributed by atoms with van der Waals surface area (Å²) in [5.41, 5.74) is 3.59. The van der Waals surface area contributed by atoms with Crippen LogP contribution >= 0.6 is 0 Å². The Labute approximate surface area is 279 Å². The number of hydrogen-bond donors (Lipinski definition) is 3. The summed E-state index contributed by atoms with van der Waals surface area (Å²) < 4.78 is 57.6. The Kier molecular flexibility index (Phi) is 9.04. The first-order chi connectivity index (χ1) is 23.4. The molecule has 0 spiro atoms. The second-order valence-electron chi connectivity index (χ2n) is 11.9. The number of nitrogens with two attached hydrogens (primary N) is 1. The van der Waals surface area contributed by atoms with Gasteiger partial charge >= 0.3 is 6.18 Å². The maximum atomic E-state index is 14.9. The third kappa shape index (κ3) is 6.79. The van der Waals surface area contributed by atoms with E-state index in [1.807, 2.05) is 30.3 Å². The molecule has 1 fully saturated rings. The number of amides is 2. The van der Waals surface area contributed by atoms with Gasteiger partial charge in [0.05, 0.1) is 38.4 Å². The summed E-state index contributed by atoms with van der Waals surface area (Å²) in [6.45, 7) is 0.490. The van der Waals surface area contributed by atoms with Gasteiger partial charge in [-0.1, -0.05) is 54.6 Å². The fourth-order valence-electron chi connectivity index (χ4n) is 5.65. The molecule has 2 heterocycles. The van der Waals surface area contributed by atoms with Crippen molar-refractivity contribution in [3.05, 3.63) is 95.8 Å². The van der Waals surface area contributed by atoms with Crippen molar-refractivity contribution in [1.82, 2.24) is 20.1 Å². The molecule has 1 aliphatic rings. The Morgan fingerprint density at radius 1 is 1.02 bits per heavy atom. The van der Waals surface area contributed by atoms with Crippen LogP contribution in [0.3, 0.4) is 0 Å². The lowest BCUT2D eigenvalue weighted by Gasteiger charge is -2.31. The number of halogens is 3. The summed E-state index contributed by atoms with van der Waals surface area (Å²) in [5.74, 6) is -1.39. The number of benzene rings is 3. The molecule has 5 aromatic rings. The van der Waals surface area contributed by atoms with E-state index in [2.05, 4.69) is 15.4 Å². The third-order valence-corrected chi connectivity index (χ3v) is 8.36. The minimum Gasteiger partial charge on any atom is -0.494 e. The summed E-state index contributed by atoms with van der Waals surface area (Å²) in [4.78, 5) is 29.7. The smallest absolute Gasteiger partial charge is 0.424 e. The molecule has 0 aliphatic heterocycles. The van der Waals surface area contributed by atoms with Gasteiger partial charge in [0.1, 0.15) is 22.7 Å². The van der Waals surface area contributed by atoms with E-state index in [-0.39, 0.29) is 41.0 Å². The zero-order valence-corrected chi connectivity index (χ0v) is 26.8. The number of carbonyl (C=O) groups excluding carboxylic acids is 2. The average Bonchev–Trinajstić information content (AvgIpc) is 3.85. The van der Waals surface area contributed by atoms with Crippen molar-refractivity contribution in [2.45, 2.75) is 44.0 Å². The molecule has 254 valence electrons. The van der Waals surface area contributed by atoms with E-state index >= 15 is 0 Å². The van der Waals surface area contributed by atoms with Crippen molar-refractivity contribution in [2.75, 3.05) is 20.3 Å². The summed E-state index contributed by atoms with van der Waals surface area (Å²) in [6, 6.07) is 20.4. The van der Waals surface area contributed by atoms with Gasteiger partial charge < -0.3 is 25.6 Å². The summed E-state index contributed by atoms with van der Waals surface area (Å²) in [7, 11) is 1.41. The Morgan fingerprint density at radius 2 is 1.69 bits per heavy atom. The fourth-order valence-corrected chi connectivity index (χ4v) is 5.65. The van der Waals surface area contributed by atoms with E-state index in [4.69, 9.17) is 15.2 Å². The molecule has 2 amide bonds. The maximum absolute atomic E-state index is 14.9. The lowest BCUT2D eigenvalue weighted by molar-refractivity contribution is -0.265. The predicted molar refractivity (Wildman–Crippen MR) is 176 cm³/mol. The van der Waals surface area contributed by atoms with E-state index in [1.54, 1.807) is 42.1 Å². The summed E-state index contributed by atoms with van der Waals surface area (Å²) >= 11 is 0. The van der Waals surface area contributed by atoms with Crippen molar-refractivity contribution in [1.29, 1.82) is 0 Å². The number of aliphatic hydroxyl groups is 1. The highest BCUT2D eigenvalue weighted by atomic mass is 19.4. The van der Waals surface area contributed by atoms with Gasteiger partial charge in [0.2, 0.25) is 11.5 Å². The van der Waals surface area contributed by atoms with Crippen LogP contribution in [0, 0.1) is 0 Å². The van der Waals surface area contributed by atoms with E-state index in [1.165, 1.54) is 19.2 Å². The number of nitrogens with zero attached hydrogens (tertiary/aromatic N) is 3. The number of aromatic nitrogens is 3. The largest absolute Gasteiger partial charge is 0.494 e. The monoisotopic (exact) mass is 673 g/mol. The number of ether oxygens (including phenoxy) is 2. The molecule has 1 atom stereocenters. The molecule has 49 heavy (non-hydrogen) atoms. The van der Waals surface area contributed by atoms with Crippen molar-refractivity contribution in [2.24, 2.45) is 5.73 Å². The van der Waals surface area contributed by atoms with Gasteiger partial charge in [-0.2, -0.15) is 18.3 Å². The second kappa shape index (κ2) is 13.2. The highest BCUT2D eigenvalue weighted by molar-refractivity contribution is 6.00. The first kappa shape index (κ1) is 33.5. The van der Waals surface area contributed by atoms with Crippen LogP contribution in [0.4, 0.5) is 13.2 Å². The lowest BCUT2D eigenvalue weighted by atomic mass is 9.93. The number of alkyl halides is 3. The number of pyridine rings is 1. The van der Waals surface area contributed by atoms with Crippen molar-refractivity contribution in [3.63, 3.8) is 0 Å². The van der Waals surface area contributed by atoms with Crippen LogP contribution in [-0.4, -0.2) is 58.1 Å². The molecular weight excluding hydrogens is 639 g/mol. The zero-order chi connectivity index (χ0) is 34.9. The molecule has 1 aliphatic carbocycles. The van der Waals surface area contributed by atoms with Gasteiger partial charge in [-0.15, -0.1) is 0 Å². The van der Waals surface area contributed by atoms with Gasteiger partial charge in [-0.05, 0) is 49.1 Å². The molecule has 4 N–H and O–H groups in total. The van der Waals surface area contributed by atoms with Crippen molar-refractivity contribution < 1.29 is 37.3 Å². The van der Waals surface area contributed by atoms with Crippen LogP contribution in [0.15, 0.2) is 79.0 Å². The first-order valence-corrected chi connectivity index (χ1v) is 15.7. The minimum absolute atomic E-state index is 0.00153. The molecular formula is C36H34F3N5O5. The molecule has 10 nitrogen and oxygen atoms in total. The molecule has 1 saturated carbocycles. The normalized spacial score (nSPS) is 14.3. The molecule has 2 aromatic heterocycles. The first-order valence-electron chi connectivity index (χ1n) is 15.7. The van der Waals surface area contributed by atoms with Gasteiger partial charge in [-0.25, -0.2) is 4.98 Å². The quantitative estimate of drug-likeness (QED) is 0.154. The van der Waals surface area contributed by atoms with E-state index in [0.717, 1.165) is 30.0 Å². The molecule has 0 radical (unpaired) electrons. The van der Waals surface area contributed by atoms with Gasteiger partial charge in [0.15, 0.2) is 0 Å². The van der Waals surface area contributed by atoms with Crippen LogP contribution in [0.25, 0.3) is 33.3 Å². The van der Waals surface area contributed by atoms with E-state index in [0.29, 0.717) is 16.5 Å². The minimum atomic E-state index is -5.31. The van der Waals surface area contributed by atoms with E-state index in [9.17, 15) is 27.9 Å². The van der Waals surface area contributed by atoms with Gasteiger partial charge in [0.25, 0.3) is 5.91 Å². The number of nitrogens with one attached hydrogen (secondary N) is 1. The Hall–Kier alpha value is -5.43. The predicted octanol–water partition coefficient (Wildman–Crippen LogP) is 5.72. The second-order valence-corrected chi connectivity index (χ2v) is 11.9. The van der Waals surface area contributed by atoms with Gasteiger partial charge in [-0.3, -0.25) is 14.3 Å². The fraction of sp³-hybridized carbons (Fsp3) is 0.278.